The molecule has 0 spiro atoms. The van der Waals surface area contributed by atoms with Crippen molar-refractivity contribution in [1.82, 2.24) is 5.32 Å². The predicted molar refractivity (Wildman–Crippen MR) is 25.8 cm³/mol. The Labute approximate surface area is 70.1 Å². The van der Waals surface area contributed by atoms with Crippen LogP contribution in [0.1, 0.15) is 6.42 Å². The fourth-order valence-corrected chi connectivity index (χ4v) is 0.602. The Kier molecular flexibility index (Phi) is 4.60. The van der Waals surface area contributed by atoms with Gasteiger partial charge < -0.3 is 12.2 Å². The Balaban J connectivity index is 0.000000360. The standard InChI is InChI=1S/C5H9N.Y/c1-5-2-3-6-4-5;/h4-6H,1-3H2;/q-2;. The van der Waals surface area contributed by atoms with Crippen LogP contribution in [0.2, 0.25) is 0 Å². The van der Waals surface area contributed by atoms with Gasteiger partial charge in [0.05, 0.1) is 0 Å². The number of rotatable bonds is 0. The zero-order chi connectivity index (χ0) is 4.41. The predicted octanol–water partition coefficient (Wildman–Crippen LogP) is 0.589. The van der Waals surface area contributed by atoms with Crippen LogP contribution >= 0.6 is 0 Å². The second-order valence-corrected chi connectivity index (χ2v) is 1.67. The Morgan fingerprint density at radius 1 is 1.71 bits per heavy atom. The molecule has 0 aromatic heterocycles. The SMILES string of the molecule is [CH2-]C1[CH-]NCC1.[Y]. The summed E-state index contributed by atoms with van der Waals surface area (Å²) < 4.78 is 0. The molecule has 1 heterocycles. The molecule has 0 amide bonds. The summed E-state index contributed by atoms with van der Waals surface area (Å²) in [6.45, 7) is 6.98. The molecule has 0 saturated carbocycles. The van der Waals surface area contributed by atoms with Crippen LogP contribution in [-0.4, -0.2) is 6.54 Å². The topological polar surface area (TPSA) is 12.0 Å². The summed E-state index contributed by atoms with van der Waals surface area (Å²) in [5.74, 6) is 0.560. The van der Waals surface area contributed by atoms with Gasteiger partial charge in [-0.15, -0.1) is 0 Å². The maximum Gasteiger partial charge on any atom is 0 e. The van der Waals surface area contributed by atoms with E-state index in [-0.39, 0.29) is 32.7 Å². The van der Waals surface area contributed by atoms with Gasteiger partial charge in [-0.25, -0.2) is 0 Å². The molecule has 1 aliphatic heterocycles. The molecular weight excluding hydrogens is 163 g/mol. The molecule has 1 radical (unpaired) electrons. The summed E-state index contributed by atoms with van der Waals surface area (Å²) in [4.78, 5) is 0. The quantitative estimate of drug-likeness (QED) is 0.527. The van der Waals surface area contributed by atoms with Gasteiger partial charge >= 0.3 is 0 Å². The van der Waals surface area contributed by atoms with Gasteiger partial charge in [-0.3, -0.25) is 12.5 Å². The van der Waals surface area contributed by atoms with Crippen LogP contribution in [0, 0.1) is 19.4 Å². The minimum Gasteiger partial charge on any atom is -0.472 e. The first-order valence-electron chi connectivity index (χ1n) is 2.29. The van der Waals surface area contributed by atoms with E-state index in [9.17, 15) is 0 Å². The van der Waals surface area contributed by atoms with E-state index in [0.29, 0.717) is 5.92 Å². The normalized spacial score (nSPS) is 29.6. The zero-order valence-corrected chi connectivity index (χ0v) is 7.19. The van der Waals surface area contributed by atoms with Crippen LogP contribution in [0.3, 0.4) is 0 Å². The van der Waals surface area contributed by atoms with E-state index in [1.165, 1.54) is 6.42 Å². The Morgan fingerprint density at radius 3 is 2.57 bits per heavy atom. The molecule has 1 unspecified atom stereocenters. The first-order valence-corrected chi connectivity index (χ1v) is 2.29. The minimum absolute atomic E-state index is 0. The van der Waals surface area contributed by atoms with Crippen LogP contribution in [0.25, 0.3) is 0 Å². The van der Waals surface area contributed by atoms with E-state index in [4.69, 9.17) is 0 Å². The van der Waals surface area contributed by atoms with E-state index in [1.54, 1.807) is 0 Å². The van der Waals surface area contributed by atoms with Gasteiger partial charge in [0, 0.05) is 32.7 Å². The molecule has 1 nitrogen and oxygen atoms in total. The molecule has 39 valence electrons. The van der Waals surface area contributed by atoms with Gasteiger partial charge in [0.25, 0.3) is 0 Å². The number of nitrogens with one attached hydrogen (secondary N) is 1. The van der Waals surface area contributed by atoms with E-state index in [2.05, 4.69) is 12.2 Å². The molecule has 1 aliphatic rings. The monoisotopic (exact) mass is 172 g/mol. The molecule has 0 aromatic rings. The molecule has 1 N–H and O–H groups in total. The van der Waals surface area contributed by atoms with Crippen molar-refractivity contribution in [2.45, 2.75) is 6.42 Å². The molecule has 2 heteroatoms. The molecule has 1 saturated heterocycles. The average Bonchev–Trinajstić information content (AvgIpc) is 1.86. The van der Waals surface area contributed by atoms with Crippen LogP contribution < -0.4 is 5.32 Å². The number of hydrogen-bond donors (Lipinski definition) is 1. The van der Waals surface area contributed by atoms with Crippen LogP contribution in [-0.2, 0) is 32.7 Å². The minimum atomic E-state index is 0. The van der Waals surface area contributed by atoms with Gasteiger partial charge in [-0.1, -0.05) is 6.42 Å². The first kappa shape index (κ1) is 8.06. The van der Waals surface area contributed by atoms with Crippen molar-refractivity contribution in [3.63, 3.8) is 0 Å². The van der Waals surface area contributed by atoms with E-state index in [0.717, 1.165) is 6.54 Å². The molecule has 1 atom stereocenters. The van der Waals surface area contributed by atoms with Gasteiger partial charge in [0.1, 0.15) is 0 Å². The molecule has 1 rings (SSSR count). The van der Waals surface area contributed by atoms with Crippen LogP contribution in [0.15, 0.2) is 0 Å². The number of hydrogen-bond acceptors (Lipinski definition) is 1. The van der Waals surface area contributed by atoms with Gasteiger partial charge in [0.15, 0.2) is 0 Å². The third-order valence-electron chi connectivity index (χ3n) is 1.01. The zero-order valence-electron chi connectivity index (χ0n) is 4.35. The fourth-order valence-electron chi connectivity index (χ4n) is 0.602. The van der Waals surface area contributed by atoms with Gasteiger partial charge in [-0.05, 0) is 6.54 Å². The second kappa shape index (κ2) is 3.99. The molecule has 0 bridgehead atoms. The molecule has 0 aliphatic carbocycles. The third-order valence-corrected chi connectivity index (χ3v) is 1.01. The Hall–Kier alpha value is 1.06. The largest absolute Gasteiger partial charge is 0.472 e. The van der Waals surface area contributed by atoms with E-state index < -0.39 is 0 Å². The van der Waals surface area contributed by atoms with Crippen molar-refractivity contribution >= 4 is 0 Å². The molecular formula is C5H9NY-2. The summed E-state index contributed by atoms with van der Waals surface area (Å²) in [5.41, 5.74) is 0. The van der Waals surface area contributed by atoms with Crippen molar-refractivity contribution in [2.75, 3.05) is 6.54 Å². The summed E-state index contributed by atoms with van der Waals surface area (Å²) in [6.07, 6.45) is 1.21. The fraction of sp³-hybridized carbons (Fsp3) is 0.600. The summed E-state index contributed by atoms with van der Waals surface area (Å²) in [6, 6.07) is 0. The summed E-state index contributed by atoms with van der Waals surface area (Å²) >= 11 is 0. The molecule has 1 fully saturated rings. The van der Waals surface area contributed by atoms with Gasteiger partial charge in [0.2, 0.25) is 0 Å². The smallest absolute Gasteiger partial charge is 0 e. The van der Waals surface area contributed by atoms with Gasteiger partial charge in [-0.2, -0.15) is 0 Å². The molecule has 7 heavy (non-hydrogen) atoms. The van der Waals surface area contributed by atoms with E-state index in [1.807, 2.05) is 6.54 Å². The summed E-state index contributed by atoms with van der Waals surface area (Å²) in [5, 5.41) is 3.08. The maximum absolute atomic E-state index is 3.82. The summed E-state index contributed by atoms with van der Waals surface area (Å²) in [7, 11) is 0. The second-order valence-electron chi connectivity index (χ2n) is 1.67. The Bertz CT molecular complexity index is 41.3. The maximum atomic E-state index is 3.82. The van der Waals surface area contributed by atoms with Crippen LogP contribution in [0.5, 0.6) is 0 Å². The Morgan fingerprint density at radius 2 is 2.43 bits per heavy atom. The van der Waals surface area contributed by atoms with E-state index >= 15 is 0 Å². The molecule has 0 aromatic carbocycles. The van der Waals surface area contributed by atoms with Crippen molar-refractivity contribution in [1.29, 1.82) is 0 Å². The van der Waals surface area contributed by atoms with Crippen molar-refractivity contribution in [2.24, 2.45) is 5.92 Å². The third kappa shape index (κ3) is 2.79. The average molecular weight is 172 g/mol. The first-order chi connectivity index (χ1) is 2.89. The van der Waals surface area contributed by atoms with Crippen molar-refractivity contribution in [3.8, 4) is 0 Å². The van der Waals surface area contributed by atoms with Crippen molar-refractivity contribution < 1.29 is 32.7 Å². The van der Waals surface area contributed by atoms with Crippen molar-refractivity contribution in [3.05, 3.63) is 13.5 Å². The van der Waals surface area contributed by atoms with Crippen LogP contribution in [0.4, 0.5) is 0 Å².